The Kier molecular flexibility index (Phi) is 4.01. The van der Waals surface area contributed by atoms with Gasteiger partial charge in [0, 0.05) is 17.4 Å². The van der Waals surface area contributed by atoms with Crippen LogP contribution in [0.25, 0.3) is 0 Å². The molecule has 1 aromatic carbocycles. The first-order valence-corrected chi connectivity index (χ1v) is 7.17. The van der Waals surface area contributed by atoms with Crippen molar-refractivity contribution < 1.29 is 18.5 Å². The van der Waals surface area contributed by atoms with Gasteiger partial charge in [-0.2, -0.15) is 0 Å². The van der Waals surface area contributed by atoms with Gasteiger partial charge >= 0.3 is 0 Å². The third kappa shape index (κ3) is 2.56. The van der Waals surface area contributed by atoms with E-state index in [-0.39, 0.29) is 5.78 Å². The molecule has 5 heteroatoms. The average molecular weight is 268 g/mol. The van der Waals surface area contributed by atoms with Gasteiger partial charge in [0.25, 0.3) is 0 Å². The summed E-state index contributed by atoms with van der Waals surface area (Å²) in [6, 6.07) is 5.16. The van der Waals surface area contributed by atoms with Gasteiger partial charge in [0.15, 0.2) is 11.5 Å². The van der Waals surface area contributed by atoms with Gasteiger partial charge in [0.2, 0.25) is 0 Å². The highest BCUT2D eigenvalue weighted by molar-refractivity contribution is 7.86. The molecule has 1 heterocycles. The largest absolute Gasteiger partial charge is 0.486 e. The van der Waals surface area contributed by atoms with Crippen LogP contribution in [0.1, 0.15) is 20.3 Å². The summed E-state index contributed by atoms with van der Waals surface area (Å²) in [5.74, 6) is 1.27. The first kappa shape index (κ1) is 13.1. The van der Waals surface area contributed by atoms with E-state index < -0.39 is 16.0 Å². The number of rotatable bonds is 4. The van der Waals surface area contributed by atoms with Gasteiger partial charge in [0.05, 0.1) is 16.0 Å². The summed E-state index contributed by atoms with van der Waals surface area (Å²) in [7, 11) is -1.34. The standard InChI is InChI=1S/C13H16O4S/c1-3-11(14)9(2)18(15)10-4-5-12-13(8-10)17-7-6-16-12/h4-5,8-9H,3,6-7H2,1-2H3. The summed E-state index contributed by atoms with van der Waals surface area (Å²) >= 11 is 0. The van der Waals surface area contributed by atoms with E-state index in [4.69, 9.17) is 9.47 Å². The second-order valence-electron chi connectivity index (χ2n) is 4.06. The minimum Gasteiger partial charge on any atom is -0.486 e. The number of ketones is 1. The number of fused-ring (bicyclic) bond motifs is 1. The SMILES string of the molecule is CCC(=O)C(C)S(=O)c1ccc2c(c1)OCCO2. The van der Waals surface area contributed by atoms with E-state index in [1.165, 1.54) is 0 Å². The smallest absolute Gasteiger partial charge is 0.162 e. The Morgan fingerprint density at radius 1 is 1.33 bits per heavy atom. The highest BCUT2D eigenvalue weighted by atomic mass is 32.2. The number of Topliss-reactive ketones (excluding diaryl/α,β-unsaturated/α-hetero) is 1. The fourth-order valence-electron chi connectivity index (χ4n) is 1.76. The Labute approximate surface area is 109 Å². The number of ether oxygens (including phenoxy) is 2. The number of benzene rings is 1. The van der Waals surface area contributed by atoms with Gasteiger partial charge in [0.1, 0.15) is 19.0 Å². The van der Waals surface area contributed by atoms with Crippen molar-refractivity contribution >= 4 is 16.6 Å². The number of carbonyl (C=O) groups excluding carboxylic acids is 1. The lowest BCUT2D eigenvalue weighted by molar-refractivity contribution is -0.118. The molecule has 2 rings (SSSR count). The van der Waals surface area contributed by atoms with Gasteiger partial charge in [-0.15, -0.1) is 0 Å². The van der Waals surface area contributed by atoms with Crippen molar-refractivity contribution in [3.63, 3.8) is 0 Å². The first-order chi connectivity index (χ1) is 8.63. The summed E-state index contributed by atoms with van der Waals surface area (Å²) in [5, 5.41) is -0.488. The molecule has 0 radical (unpaired) electrons. The quantitative estimate of drug-likeness (QED) is 0.837. The van der Waals surface area contributed by atoms with Gasteiger partial charge in [-0.05, 0) is 19.1 Å². The van der Waals surface area contributed by atoms with Crippen LogP contribution in [0.2, 0.25) is 0 Å². The van der Waals surface area contributed by atoms with Crippen molar-refractivity contribution in [1.82, 2.24) is 0 Å². The van der Waals surface area contributed by atoms with Crippen LogP contribution in [-0.2, 0) is 15.6 Å². The van der Waals surface area contributed by atoms with E-state index in [0.717, 1.165) is 0 Å². The fraction of sp³-hybridized carbons (Fsp3) is 0.462. The summed E-state index contributed by atoms with van der Waals surface area (Å²) < 4.78 is 23.1. The molecule has 0 bridgehead atoms. The Hall–Kier alpha value is -1.36. The second-order valence-corrected chi connectivity index (χ2v) is 5.84. The highest BCUT2D eigenvalue weighted by Crippen LogP contribution is 2.32. The predicted octanol–water partition coefficient (Wildman–Crippen LogP) is 1.93. The highest BCUT2D eigenvalue weighted by Gasteiger charge is 2.21. The summed E-state index contributed by atoms with van der Waals surface area (Å²) in [5.41, 5.74) is 0. The van der Waals surface area contributed by atoms with Crippen LogP contribution in [0.4, 0.5) is 0 Å². The number of hydrogen-bond acceptors (Lipinski definition) is 4. The molecular formula is C13H16O4S. The molecule has 1 aliphatic heterocycles. The van der Waals surface area contributed by atoms with Gasteiger partial charge in [-0.25, -0.2) is 0 Å². The zero-order valence-corrected chi connectivity index (χ0v) is 11.3. The molecule has 0 N–H and O–H groups in total. The molecule has 1 aliphatic rings. The van der Waals surface area contributed by atoms with Crippen molar-refractivity contribution in [3.8, 4) is 11.5 Å². The van der Waals surface area contributed by atoms with Crippen LogP contribution in [-0.4, -0.2) is 28.5 Å². The van der Waals surface area contributed by atoms with Gasteiger partial charge in [-0.1, -0.05) is 6.92 Å². The average Bonchev–Trinajstić information content (AvgIpc) is 2.44. The van der Waals surface area contributed by atoms with Crippen molar-refractivity contribution in [2.45, 2.75) is 30.4 Å². The maximum absolute atomic E-state index is 12.2. The van der Waals surface area contributed by atoms with E-state index >= 15 is 0 Å². The van der Waals surface area contributed by atoms with E-state index in [9.17, 15) is 9.00 Å². The lowest BCUT2D eigenvalue weighted by Crippen LogP contribution is -2.22. The monoisotopic (exact) mass is 268 g/mol. The van der Waals surface area contributed by atoms with Crippen LogP contribution >= 0.6 is 0 Å². The zero-order chi connectivity index (χ0) is 13.1. The molecule has 2 atom stereocenters. The van der Waals surface area contributed by atoms with Crippen LogP contribution in [0.3, 0.4) is 0 Å². The molecule has 0 saturated heterocycles. The molecule has 0 spiro atoms. The second kappa shape index (κ2) is 5.52. The molecular weight excluding hydrogens is 252 g/mol. The minimum atomic E-state index is -1.34. The molecule has 98 valence electrons. The summed E-state index contributed by atoms with van der Waals surface area (Å²) in [4.78, 5) is 12.2. The van der Waals surface area contributed by atoms with E-state index in [2.05, 4.69) is 0 Å². The van der Waals surface area contributed by atoms with Gasteiger partial charge < -0.3 is 9.47 Å². The Bertz CT molecular complexity index is 484. The van der Waals surface area contributed by atoms with Crippen LogP contribution in [0.15, 0.2) is 23.1 Å². The van der Waals surface area contributed by atoms with Crippen molar-refractivity contribution in [3.05, 3.63) is 18.2 Å². The molecule has 0 saturated carbocycles. The molecule has 18 heavy (non-hydrogen) atoms. The predicted molar refractivity (Wildman–Crippen MR) is 68.6 cm³/mol. The molecule has 0 amide bonds. The van der Waals surface area contributed by atoms with Crippen LogP contribution in [0.5, 0.6) is 11.5 Å². The summed E-state index contributed by atoms with van der Waals surface area (Å²) in [6.07, 6.45) is 0.400. The topological polar surface area (TPSA) is 52.6 Å². The maximum atomic E-state index is 12.2. The molecule has 0 fully saturated rings. The van der Waals surface area contributed by atoms with E-state index in [0.29, 0.717) is 36.0 Å². The Morgan fingerprint density at radius 2 is 2.00 bits per heavy atom. The van der Waals surface area contributed by atoms with Crippen molar-refractivity contribution in [1.29, 1.82) is 0 Å². The lowest BCUT2D eigenvalue weighted by Gasteiger charge is -2.19. The molecule has 4 nitrogen and oxygen atoms in total. The normalized spacial score (nSPS) is 17.0. The number of hydrogen-bond donors (Lipinski definition) is 0. The Morgan fingerprint density at radius 3 is 2.67 bits per heavy atom. The lowest BCUT2D eigenvalue weighted by atomic mass is 10.2. The molecule has 2 unspecified atom stereocenters. The van der Waals surface area contributed by atoms with Crippen LogP contribution < -0.4 is 9.47 Å². The molecule has 0 aliphatic carbocycles. The maximum Gasteiger partial charge on any atom is 0.162 e. The zero-order valence-electron chi connectivity index (χ0n) is 10.5. The van der Waals surface area contributed by atoms with Gasteiger partial charge in [-0.3, -0.25) is 9.00 Å². The van der Waals surface area contributed by atoms with E-state index in [1.54, 1.807) is 32.0 Å². The van der Waals surface area contributed by atoms with Crippen molar-refractivity contribution in [2.75, 3.05) is 13.2 Å². The van der Waals surface area contributed by atoms with E-state index in [1.807, 2.05) is 0 Å². The third-order valence-electron chi connectivity index (χ3n) is 2.87. The van der Waals surface area contributed by atoms with Crippen molar-refractivity contribution in [2.24, 2.45) is 0 Å². The first-order valence-electron chi connectivity index (χ1n) is 5.96. The third-order valence-corrected chi connectivity index (χ3v) is 4.49. The fourth-order valence-corrected chi connectivity index (χ4v) is 3.00. The minimum absolute atomic E-state index is 0.00298. The number of carbonyl (C=O) groups is 1. The van der Waals surface area contributed by atoms with Crippen LogP contribution in [0, 0.1) is 0 Å². The Balaban J connectivity index is 2.23. The molecule has 1 aromatic rings. The molecule has 0 aromatic heterocycles. The summed E-state index contributed by atoms with van der Waals surface area (Å²) in [6.45, 7) is 4.49.